The van der Waals surface area contributed by atoms with E-state index >= 15 is 0 Å². The summed E-state index contributed by atoms with van der Waals surface area (Å²) in [7, 11) is 0. The predicted molar refractivity (Wildman–Crippen MR) is 61.0 cm³/mol. The third-order valence-corrected chi connectivity index (χ3v) is 3.05. The lowest BCUT2D eigenvalue weighted by atomic mass is 9.94. The van der Waals surface area contributed by atoms with E-state index in [1.165, 1.54) is 6.42 Å². The van der Waals surface area contributed by atoms with Crippen molar-refractivity contribution >= 4 is 5.78 Å². The zero-order chi connectivity index (χ0) is 11.1. The van der Waals surface area contributed by atoms with Crippen LogP contribution < -0.4 is 0 Å². The summed E-state index contributed by atoms with van der Waals surface area (Å²) in [5.41, 5.74) is 0. The molecule has 0 N–H and O–H groups in total. The highest BCUT2D eigenvalue weighted by Gasteiger charge is 2.22. The van der Waals surface area contributed by atoms with Gasteiger partial charge in [-0.3, -0.25) is 4.79 Å². The summed E-state index contributed by atoms with van der Waals surface area (Å²) in [6.07, 6.45) is 3.33. The second-order valence-corrected chi connectivity index (χ2v) is 4.30. The number of carbonyl (C=O) groups is 1. The first-order valence-electron chi connectivity index (χ1n) is 6.04. The van der Waals surface area contributed by atoms with Crippen LogP contribution in [0, 0.1) is 5.92 Å². The highest BCUT2D eigenvalue weighted by Crippen LogP contribution is 2.17. The molecule has 88 valence electrons. The Morgan fingerprint density at radius 3 is 3.00 bits per heavy atom. The lowest BCUT2D eigenvalue weighted by Crippen LogP contribution is -2.38. The van der Waals surface area contributed by atoms with Gasteiger partial charge in [-0.2, -0.15) is 0 Å². The molecule has 15 heavy (non-hydrogen) atoms. The first-order valence-corrected chi connectivity index (χ1v) is 6.04. The quantitative estimate of drug-likeness (QED) is 0.629. The van der Waals surface area contributed by atoms with Crippen molar-refractivity contribution in [2.24, 2.45) is 5.92 Å². The minimum absolute atomic E-state index is 0.283. The van der Waals surface area contributed by atoms with Gasteiger partial charge in [-0.05, 0) is 39.7 Å². The van der Waals surface area contributed by atoms with Crippen LogP contribution in [-0.4, -0.2) is 43.5 Å². The monoisotopic (exact) mass is 213 g/mol. The lowest BCUT2D eigenvalue weighted by molar-refractivity contribution is -0.122. The summed E-state index contributed by atoms with van der Waals surface area (Å²) in [6.45, 7) is 8.57. The van der Waals surface area contributed by atoms with E-state index in [1.54, 1.807) is 6.92 Å². The topological polar surface area (TPSA) is 29.5 Å². The van der Waals surface area contributed by atoms with Crippen molar-refractivity contribution in [3.63, 3.8) is 0 Å². The summed E-state index contributed by atoms with van der Waals surface area (Å²) in [4.78, 5) is 13.7. The molecule has 1 aliphatic rings. The standard InChI is InChI=1S/C12H23NO2/c1-3-15-9-5-8-13-7-4-6-12(10-13)11(2)14/h12H,3-10H2,1-2H3. The van der Waals surface area contributed by atoms with Crippen molar-refractivity contribution in [2.75, 3.05) is 32.8 Å². The van der Waals surface area contributed by atoms with Gasteiger partial charge < -0.3 is 9.64 Å². The van der Waals surface area contributed by atoms with Crippen LogP contribution in [0.2, 0.25) is 0 Å². The summed E-state index contributed by atoms with van der Waals surface area (Å²) < 4.78 is 5.31. The number of hydrogen-bond acceptors (Lipinski definition) is 3. The minimum Gasteiger partial charge on any atom is -0.382 e. The first-order chi connectivity index (χ1) is 7.24. The SMILES string of the molecule is CCOCCCN1CCCC(C(C)=O)C1. The number of carbonyl (C=O) groups excluding carboxylic acids is 1. The number of Topliss-reactive ketones (excluding diaryl/α,β-unsaturated/α-hetero) is 1. The molecule has 1 saturated heterocycles. The molecule has 0 aromatic rings. The van der Waals surface area contributed by atoms with Crippen LogP contribution in [0.5, 0.6) is 0 Å². The van der Waals surface area contributed by atoms with Crippen molar-refractivity contribution in [2.45, 2.75) is 33.1 Å². The van der Waals surface area contributed by atoms with Gasteiger partial charge in [0, 0.05) is 32.2 Å². The van der Waals surface area contributed by atoms with E-state index in [0.717, 1.165) is 45.7 Å². The maximum Gasteiger partial charge on any atom is 0.134 e. The van der Waals surface area contributed by atoms with E-state index in [1.807, 2.05) is 6.92 Å². The number of nitrogens with zero attached hydrogens (tertiary/aromatic N) is 1. The summed E-state index contributed by atoms with van der Waals surface area (Å²) in [5, 5.41) is 0. The maximum atomic E-state index is 11.3. The largest absolute Gasteiger partial charge is 0.382 e. The van der Waals surface area contributed by atoms with Gasteiger partial charge >= 0.3 is 0 Å². The number of ether oxygens (including phenoxy) is 1. The Labute approximate surface area is 92.8 Å². The normalized spacial score (nSPS) is 22.9. The molecule has 0 aromatic heterocycles. The molecule has 1 atom stereocenters. The Kier molecular flexibility index (Phi) is 5.88. The summed E-state index contributed by atoms with van der Waals surface area (Å²) >= 11 is 0. The number of rotatable bonds is 6. The van der Waals surface area contributed by atoms with Crippen LogP contribution in [0.3, 0.4) is 0 Å². The van der Waals surface area contributed by atoms with Gasteiger partial charge in [0.25, 0.3) is 0 Å². The highest BCUT2D eigenvalue weighted by molar-refractivity contribution is 5.78. The number of likely N-dealkylation sites (tertiary alicyclic amines) is 1. The van der Waals surface area contributed by atoms with Crippen molar-refractivity contribution < 1.29 is 9.53 Å². The molecule has 1 aliphatic heterocycles. The average molecular weight is 213 g/mol. The van der Waals surface area contributed by atoms with Crippen LogP contribution in [0.25, 0.3) is 0 Å². The van der Waals surface area contributed by atoms with E-state index in [2.05, 4.69) is 4.90 Å². The van der Waals surface area contributed by atoms with Crippen molar-refractivity contribution in [1.29, 1.82) is 0 Å². The Bertz CT molecular complexity index is 194. The molecule has 0 saturated carbocycles. The molecule has 0 aromatic carbocycles. The van der Waals surface area contributed by atoms with E-state index < -0.39 is 0 Å². The van der Waals surface area contributed by atoms with Crippen LogP contribution in [0.1, 0.15) is 33.1 Å². The van der Waals surface area contributed by atoms with Crippen LogP contribution >= 0.6 is 0 Å². The van der Waals surface area contributed by atoms with Crippen molar-refractivity contribution in [3.05, 3.63) is 0 Å². The molecule has 3 nitrogen and oxygen atoms in total. The Hall–Kier alpha value is -0.410. The Morgan fingerprint density at radius 1 is 1.53 bits per heavy atom. The smallest absolute Gasteiger partial charge is 0.134 e. The third kappa shape index (κ3) is 4.76. The highest BCUT2D eigenvalue weighted by atomic mass is 16.5. The van der Waals surface area contributed by atoms with Gasteiger partial charge in [-0.1, -0.05) is 0 Å². The van der Waals surface area contributed by atoms with Gasteiger partial charge in [-0.25, -0.2) is 0 Å². The third-order valence-electron chi connectivity index (χ3n) is 3.05. The average Bonchev–Trinajstić information content (AvgIpc) is 2.25. The maximum absolute atomic E-state index is 11.3. The predicted octanol–water partition coefficient (Wildman–Crippen LogP) is 1.71. The van der Waals surface area contributed by atoms with E-state index in [0.29, 0.717) is 5.78 Å². The fourth-order valence-electron chi connectivity index (χ4n) is 2.13. The first kappa shape index (κ1) is 12.7. The molecule has 0 radical (unpaired) electrons. The second-order valence-electron chi connectivity index (χ2n) is 4.30. The van der Waals surface area contributed by atoms with Crippen molar-refractivity contribution in [3.8, 4) is 0 Å². The molecule has 3 heteroatoms. The van der Waals surface area contributed by atoms with Crippen LogP contribution in [0.15, 0.2) is 0 Å². The molecule has 0 amide bonds. The fraction of sp³-hybridized carbons (Fsp3) is 0.917. The number of ketones is 1. The second kappa shape index (κ2) is 6.96. The number of piperidine rings is 1. The van der Waals surface area contributed by atoms with E-state index in [9.17, 15) is 4.79 Å². The molecule has 0 aliphatic carbocycles. The minimum atomic E-state index is 0.283. The van der Waals surface area contributed by atoms with Crippen LogP contribution in [0.4, 0.5) is 0 Å². The molecule has 1 unspecified atom stereocenters. The molecular weight excluding hydrogens is 190 g/mol. The van der Waals surface area contributed by atoms with E-state index in [-0.39, 0.29) is 5.92 Å². The number of hydrogen-bond donors (Lipinski definition) is 0. The summed E-state index contributed by atoms with van der Waals surface area (Å²) in [5.74, 6) is 0.635. The van der Waals surface area contributed by atoms with Crippen LogP contribution in [-0.2, 0) is 9.53 Å². The molecule has 1 rings (SSSR count). The van der Waals surface area contributed by atoms with Gasteiger partial charge in [0.2, 0.25) is 0 Å². The molecular formula is C12H23NO2. The molecule has 1 fully saturated rings. The molecule has 1 heterocycles. The Balaban J connectivity index is 2.15. The zero-order valence-corrected chi connectivity index (χ0v) is 10.00. The Morgan fingerprint density at radius 2 is 2.33 bits per heavy atom. The zero-order valence-electron chi connectivity index (χ0n) is 10.00. The van der Waals surface area contributed by atoms with Gasteiger partial charge in [0.15, 0.2) is 0 Å². The van der Waals surface area contributed by atoms with Gasteiger partial charge in [-0.15, -0.1) is 0 Å². The lowest BCUT2D eigenvalue weighted by Gasteiger charge is -2.31. The van der Waals surface area contributed by atoms with Gasteiger partial charge in [0.1, 0.15) is 5.78 Å². The molecule has 0 spiro atoms. The van der Waals surface area contributed by atoms with Gasteiger partial charge in [0.05, 0.1) is 0 Å². The molecule has 0 bridgehead atoms. The van der Waals surface area contributed by atoms with Crippen molar-refractivity contribution in [1.82, 2.24) is 4.90 Å². The van der Waals surface area contributed by atoms with E-state index in [4.69, 9.17) is 4.74 Å². The summed E-state index contributed by atoms with van der Waals surface area (Å²) in [6, 6.07) is 0. The fourth-order valence-corrected chi connectivity index (χ4v) is 2.13.